The van der Waals surface area contributed by atoms with Crippen LogP contribution in [0, 0.1) is 59.2 Å². The highest BCUT2D eigenvalue weighted by Gasteiger charge is 2.68. The first kappa shape index (κ1) is 69.4. The van der Waals surface area contributed by atoms with Crippen molar-refractivity contribution in [2.45, 2.75) is 207 Å². The fourth-order valence-electron chi connectivity index (χ4n) is 16.7. The molecule has 6 aliphatic heterocycles. The lowest BCUT2D eigenvalue weighted by atomic mass is 9.56. The highest BCUT2D eigenvalue weighted by molar-refractivity contribution is 7.47. The molecule has 18 atom stereocenters. The van der Waals surface area contributed by atoms with Crippen molar-refractivity contribution in [3.05, 3.63) is 63.9 Å². The molecule has 20 N–H and O–H groups in total. The van der Waals surface area contributed by atoms with Crippen molar-refractivity contribution in [3.63, 3.8) is 0 Å². The maximum Gasteiger partial charge on any atom is 0.472 e. The second kappa shape index (κ2) is 25.9. The number of carbonyl (C=O) groups is 7. The summed E-state index contributed by atoms with van der Waals surface area (Å²) in [5, 5.41) is 40.2. The third-order valence-electron chi connectivity index (χ3n) is 21.7. The van der Waals surface area contributed by atoms with Gasteiger partial charge in [0.25, 0.3) is 0 Å². The highest BCUT2D eigenvalue weighted by atomic mass is 31.2. The number of nitrogens with one attached hydrogen (secondary N) is 5. The number of phosphoric ester groups is 1. The van der Waals surface area contributed by atoms with Crippen LogP contribution in [0.2, 0.25) is 0 Å². The molecule has 1 aromatic heterocycles. The van der Waals surface area contributed by atoms with Gasteiger partial charge in [0.2, 0.25) is 41.4 Å². The molecule has 2 aromatic rings. The number of benzene rings is 1. The lowest BCUT2D eigenvalue weighted by Crippen LogP contribution is -2.64. The monoisotopic (exact) mass is 1280 g/mol. The van der Waals surface area contributed by atoms with E-state index in [4.69, 9.17) is 48.2 Å². The second-order valence-corrected chi connectivity index (χ2v) is 29.2. The van der Waals surface area contributed by atoms with Crippen LogP contribution in [0.15, 0.2) is 52.8 Å². The summed E-state index contributed by atoms with van der Waals surface area (Å²) in [6, 6.07) is 1.17. The number of primary amides is 6. The van der Waals surface area contributed by atoms with Crippen molar-refractivity contribution in [1.82, 2.24) is 36.1 Å². The minimum absolute atomic E-state index is 0.0183. The van der Waals surface area contributed by atoms with Gasteiger partial charge < -0.3 is 85.4 Å². The summed E-state index contributed by atoms with van der Waals surface area (Å²) in [6.45, 7) is 20.1. The first-order valence-corrected chi connectivity index (χ1v) is 32.6. The normalized spacial score (nSPS) is 36.7. The van der Waals surface area contributed by atoms with E-state index in [0.29, 0.717) is 28.8 Å². The van der Waals surface area contributed by atoms with E-state index in [1.54, 1.807) is 4.57 Å². The predicted molar refractivity (Wildman–Crippen MR) is 332 cm³/mol. The number of rotatable bonds is 26. The van der Waals surface area contributed by atoms with Crippen LogP contribution >= 0.6 is 7.82 Å². The molecule has 5 fully saturated rings. The Balaban J connectivity index is 1.18. The van der Waals surface area contributed by atoms with E-state index in [9.17, 15) is 53.2 Å². The van der Waals surface area contributed by atoms with Gasteiger partial charge in [-0.15, -0.1) is 0 Å². The molecule has 6 aliphatic rings. The molecule has 0 radical (unpaired) electrons. The Morgan fingerprint density at radius 1 is 0.744 bits per heavy atom. The molecule has 0 saturated carbocycles. The quantitative estimate of drug-likeness (QED) is 0.0596. The van der Waals surface area contributed by atoms with Crippen LogP contribution in [0.3, 0.4) is 0 Å². The highest BCUT2D eigenvalue weighted by Crippen LogP contribution is 2.62. The molecule has 0 aliphatic carbocycles. The van der Waals surface area contributed by atoms with Crippen LogP contribution in [0.25, 0.3) is 11.0 Å². The van der Waals surface area contributed by atoms with E-state index >= 15 is 0 Å². The number of nitrogens with zero attached hydrogens (tertiary/aromatic N) is 2. The van der Waals surface area contributed by atoms with Crippen molar-refractivity contribution in [2.75, 3.05) is 13.2 Å². The van der Waals surface area contributed by atoms with Gasteiger partial charge in [-0.3, -0.25) is 42.6 Å². The molecule has 8 bridgehead atoms. The molecular weight excluding hydrogens is 1180 g/mol. The largest absolute Gasteiger partial charge is 0.472 e. The number of allylic oxidation sites excluding steroid dienone is 3. The van der Waals surface area contributed by atoms with Gasteiger partial charge in [0.05, 0.1) is 36.1 Å². The summed E-state index contributed by atoms with van der Waals surface area (Å²) < 4.78 is 32.3. The number of carbonyl (C=O) groups excluding carboxylic acids is 7. The molecule has 1 aromatic carbocycles. The maximum atomic E-state index is 14.4. The number of hydrogen-bond acceptors (Lipinski definition) is 18. The summed E-state index contributed by atoms with van der Waals surface area (Å²) in [6.07, 6.45) is -3.15. The van der Waals surface area contributed by atoms with E-state index in [1.165, 1.54) is 13.3 Å². The van der Waals surface area contributed by atoms with E-state index in [2.05, 4.69) is 51.5 Å². The lowest BCUT2D eigenvalue weighted by molar-refractivity contribution is -0.124. The topological polar surface area (TPSA) is 459 Å². The number of aliphatic hydroxyl groups excluding tert-OH is 2. The van der Waals surface area contributed by atoms with Crippen LogP contribution in [0.5, 0.6) is 0 Å². The van der Waals surface area contributed by atoms with Gasteiger partial charge in [0.15, 0.2) is 6.23 Å². The molecule has 7 heterocycles. The molecule has 90 heavy (non-hydrogen) atoms. The zero-order valence-corrected chi connectivity index (χ0v) is 54.5. The first-order chi connectivity index (χ1) is 41.8. The summed E-state index contributed by atoms with van der Waals surface area (Å²) in [5.74, 6) is -6.20. The van der Waals surface area contributed by atoms with Crippen LogP contribution in [0.1, 0.15) is 150 Å². The minimum atomic E-state index is -5.05. The van der Waals surface area contributed by atoms with Crippen molar-refractivity contribution in [1.29, 1.82) is 0 Å². The van der Waals surface area contributed by atoms with Gasteiger partial charge in [-0.1, -0.05) is 34.6 Å². The summed E-state index contributed by atoms with van der Waals surface area (Å²) in [7, 11) is -5.05. The Bertz CT molecular complexity index is 3330. The van der Waals surface area contributed by atoms with Gasteiger partial charge in [-0.05, 0) is 125 Å². The minimum Gasteiger partial charge on any atom is -0.394 e. The maximum absolute atomic E-state index is 14.4. The zero-order chi connectivity index (χ0) is 66.7. The van der Waals surface area contributed by atoms with Gasteiger partial charge in [-0.25, -0.2) is 9.55 Å². The Kier molecular flexibility index (Phi) is 20.0. The molecule has 28 heteroatoms. The number of nitrogens with two attached hydrogens (primary N) is 6. The number of imidazole rings is 1. The van der Waals surface area contributed by atoms with Crippen molar-refractivity contribution >= 4 is 60.2 Å². The number of fused-ring (bicyclic) bond motifs is 10. The molecule has 5 saturated heterocycles. The standard InChI is InChI=1S/C62H96N13O14P/c1-29-20-39-40(21-30(29)2)75(28-70-39)57-52(84)53(41(27-76)87-57)89-90(85,86)88-31(3)26-69-49(83)18-19-59(8)37(22-46(66)80)56-62(11)61(10,25-48(68)82)36(14-17-45(65)79)51(74-62)33(5)55-60(9,24-47(67)81)34(12-15-43(63)77)38(71-55)23-42-58(6,7)35(13-16-44(64)78)50(72-42)32(4)54(59)73-56/h20-21,23,28,31,34-38,41,50-53,56-57,71-74,76,84H,12-19,22,24-27H2,1-11H3,(H2,63,77)(H2,64,78)(H2,65,79)(H2,66,80)(H2,67,81)(H2,68,82)(H,69,83)(H,85,86)/b42-23-,54-32-,55-33-/t31-,34-,35-,36-,37+,38?,41-,50-,51+,52-,53-,56-,57+,59-,60+,61+,62+/m1/s1. The van der Waals surface area contributed by atoms with Gasteiger partial charge >= 0.3 is 7.82 Å². The number of ether oxygens (including phenoxy) is 1. The zero-order valence-electron chi connectivity index (χ0n) is 53.6. The van der Waals surface area contributed by atoms with Crippen LogP contribution in [-0.4, -0.2) is 133 Å². The van der Waals surface area contributed by atoms with Crippen molar-refractivity contribution in [2.24, 2.45) is 79.7 Å². The third kappa shape index (κ3) is 13.2. The number of phosphoric acid groups is 1. The van der Waals surface area contributed by atoms with Gasteiger partial charge in [0, 0.05) is 120 Å². The number of aromatic nitrogens is 2. The van der Waals surface area contributed by atoms with Crippen LogP contribution < -0.4 is 61.0 Å². The van der Waals surface area contributed by atoms with E-state index < -0.39 is 156 Å². The molecule has 8 rings (SSSR count). The average molecular weight is 1280 g/mol. The number of hydrogen-bond donors (Lipinski definition) is 14. The Morgan fingerprint density at radius 3 is 1.91 bits per heavy atom. The van der Waals surface area contributed by atoms with Gasteiger partial charge in [0.1, 0.15) is 18.3 Å². The smallest absolute Gasteiger partial charge is 0.394 e. The van der Waals surface area contributed by atoms with Crippen LogP contribution in [-0.2, 0) is 51.9 Å². The Morgan fingerprint density at radius 2 is 1.32 bits per heavy atom. The van der Waals surface area contributed by atoms with Crippen molar-refractivity contribution in [3.8, 4) is 0 Å². The SMILES string of the molecule is C/C1=C2/N[C@H]([C@H](CC(N)=O)[C@@]2(C)CCC(=O)NC[C@@H](C)OP(=O)(O)O[C@H]2[C@@H](O)[C@@H](n3cnc4cc(C)c(C)cc43)O[C@@H]2CO)[C@]2(C)N[C@@H](/C(C)=C3\NC(/C=C4\N[C@H]1[C@@H](CCC(N)=O)C4(C)C)[C@@H](CCC(N)=O)[C@]3(C)CC(N)=O)[C@@H](CCC(N)=O)[C@]2(C)CC(N)=O. The third-order valence-corrected chi connectivity index (χ3v) is 22.8. The van der Waals surface area contributed by atoms with Crippen LogP contribution in [0.4, 0.5) is 0 Å². The van der Waals surface area contributed by atoms with E-state index in [1.807, 2.05) is 67.5 Å². The van der Waals surface area contributed by atoms with Crippen molar-refractivity contribution < 1.29 is 67.0 Å². The molecule has 27 nitrogen and oxygen atoms in total. The summed E-state index contributed by atoms with van der Waals surface area (Å²) in [5.41, 5.74) is 37.8. The number of aryl methyl sites for hydroxylation is 2. The Hall–Kier alpha value is -6.45. The Labute approximate surface area is 525 Å². The summed E-state index contributed by atoms with van der Waals surface area (Å²) in [4.78, 5) is 109. The summed E-state index contributed by atoms with van der Waals surface area (Å²) >= 11 is 0. The predicted octanol–water partition coefficient (Wildman–Crippen LogP) is 1.71. The fraction of sp³-hybridized carbons (Fsp3) is 0.677. The molecule has 498 valence electrons. The second-order valence-electron chi connectivity index (χ2n) is 27.9. The first-order valence-electron chi connectivity index (χ1n) is 31.1. The molecular formula is C62H96N13O14P. The number of aliphatic hydroxyl groups is 2. The molecule has 0 spiro atoms. The lowest BCUT2D eigenvalue weighted by Gasteiger charge is -2.49. The molecule has 2 unspecified atom stereocenters. The average Bonchev–Trinajstić information content (AvgIpc) is 1.53. The van der Waals surface area contributed by atoms with Gasteiger partial charge in [-0.2, -0.15) is 0 Å². The fourth-order valence-corrected chi connectivity index (χ4v) is 17.8. The number of amides is 7. The van der Waals surface area contributed by atoms with E-state index in [-0.39, 0.29) is 76.7 Å². The molecule has 7 amide bonds. The van der Waals surface area contributed by atoms with E-state index in [0.717, 1.165) is 28.0 Å².